The molecule has 18 heavy (non-hydrogen) atoms. The predicted molar refractivity (Wildman–Crippen MR) is 74.2 cm³/mol. The van der Waals surface area contributed by atoms with Crippen LogP contribution in [0.25, 0.3) is 11.0 Å². The van der Waals surface area contributed by atoms with Gasteiger partial charge in [0.15, 0.2) is 0 Å². The normalized spacial score (nSPS) is 17.4. The molecule has 1 saturated heterocycles. The molecule has 1 N–H and O–H groups in total. The molecule has 0 aliphatic carbocycles. The van der Waals surface area contributed by atoms with E-state index in [1.807, 2.05) is 18.2 Å². The van der Waals surface area contributed by atoms with Crippen molar-refractivity contribution in [2.75, 3.05) is 32.7 Å². The Morgan fingerprint density at radius 1 is 1.22 bits per heavy atom. The van der Waals surface area contributed by atoms with Gasteiger partial charge in [0.05, 0.1) is 6.26 Å². The Morgan fingerprint density at radius 2 is 2.06 bits per heavy atom. The van der Waals surface area contributed by atoms with Crippen molar-refractivity contribution in [3.63, 3.8) is 0 Å². The van der Waals surface area contributed by atoms with Gasteiger partial charge in [0, 0.05) is 43.1 Å². The van der Waals surface area contributed by atoms with E-state index in [2.05, 4.69) is 10.2 Å². The third-order valence-corrected chi connectivity index (χ3v) is 3.93. The lowest BCUT2D eigenvalue weighted by Crippen LogP contribution is -2.44. The van der Waals surface area contributed by atoms with Gasteiger partial charge in [0.2, 0.25) is 0 Å². The summed E-state index contributed by atoms with van der Waals surface area (Å²) >= 11 is 6.31. The van der Waals surface area contributed by atoms with E-state index >= 15 is 0 Å². The fourth-order valence-corrected chi connectivity index (χ4v) is 2.80. The molecular weight excluding hydrogens is 248 g/mol. The van der Waals surface area contributed by atoms with Gasteiger partial charge in [-0.05, 0) is 30.2 Å². The van der Waals surface area contributed by atoms with Crippen LogP contribution in [-0.4, -0.2) is 37.6 Å². The smallest absolute Gasteiger partial charge is 0.134 e. The summed E-state index contributed by atoms with van der Waals surface area (Å²) in [6.07, 6.45) is 2.71. The van der Waals surface area contributed by atoms with Gasteiger partial charge in [-0.3, -0.25) is 0 Å². The van der Waals surface area contributed by atoms with Gasteiger partial charge in [-0.15, -0.1) is 0 Å². The lowest BCUT2D eigenvalue weighted by molar-refractivity contribution is 0.244. The number of hydrogen-bond acceptors (Lipinski definition) is 3. The molecule has 3 nitrogen and oxygen atoms in total. The minimum absolute atomic E-state index is 0.846. The Balaban J connectivity index is 1.76. The molecule has 96 valence electrons. The van der Waals surface area contributed by atoms with Crippen molar-refractivity contribution in [1.29, 1.82) is 0 Å². The van der Waals surface area contributed by atoms with Crippen molar-refractivity contribution in [2.45, 2.75) is 6.42 Å². The molecule has 3 rings (SSSR count). The van der Waals surface area contributed by atoms with Crippen LogP contribution in [0.2, 0.25) is 5.02 Å². The molecule has 0 unspecified atom stereocenters. The Hall–Kier alpha value is -1.03. The maximum Gasteiger partial charge on any atom is 0.134 e. The first-order valence-corrected chi connectivity index (χ1v) is 6.80. The Kier molecular flexibility index (Phi) is 3.55. The SMILES string of the molecule is Clc1ccc2occc2c1CCN1CCNCC1. The molecule has 1 fully saturated rings. The number of hydrogen-bond donors (Lipinski definition) is 1. The second-order valence-corrected chi connectivity index (χ2v) is 5.11. The van der Waals surface area contributed by atoms with Crippen LogP contribution in [0.15, 0.2) is 28.9 Å². The summed E-state index contributed by atoms with van der Waals surface area (Å²) in [6, 6.07) is 5.88. The molecule has 0 bridgehead atoms. The lowest BCUT2D eigenvalue weighted by atomic mass is 10.1. The highest BCUT2D eigenvalue weighted by atomic mass is 35.5. The summed E-state index contributed by atoms with van der Waals surface area (Å²) in [5.41, 5.74) is 2.14. The van der Waals surface area contributed by atoms with Gasteiger partial charge in [-0.1, -0.05) is 11.6 Å². The van der Waals surface area contributed by atoms with E-state index in [0.717, 1.165) is 55.1 Å². The van der Waals surface area contributed by atoms with Crippen LogP contribution >= 0.6 is 11.6 Å². The average Bonchev–Trinajstić information content (AvgIpc) is 2.87. The molecule has 0 spiro atoms. The second kappa shape index (κ2) is 5.31. The van der Waals surface area contributed by atoms with Gasteiger partial charge in [0.1, 0.15) is 5.58 Å². The number of piperazine rings is 1. The van der Waals surface area contributed by atoms with E-state index in [9.17, 15) is 0 Å². The van der Waals surface area contributed by atoms with Crippen molar-refractivity contribution < 1.29 is 4.42 Å². The van der Waals surface area contributed by atoms with Crippen LogP contribution < -0.4 is 5.32 Å². The van der Waals surface area contributed by atoms with Gasteiger partial charge in [-0.2, -0.15) is 0 Å². The molecular formula is C14H17ClN2O. The van der Waals surface area contributed by atoms with Crippen molar-refractivity contribution in [3.05, 3.63) is 35.0 Å². The molecule has 1 aliphatic heterocycles. The molecule has 1 aromatic heterocycles. The van der Waals surface area contributed by atoms with Crippen molar-refractivity contribution in [1.82, 2.24) is 10.2 Å². The number of nitrogens with zero attached hydrogens (tertiary/aromatic N) is 1. The summed E-state index contributed by atoms with van der Waals surface area (Å²) in [5, 5.41) is 5.36. The fraction of sp³-hybridized carbons (Fsp3) is 0.429. The molecule has 2 heterocycles. The molecule has 2 aromatic rings. The van der Waals surface area contributed by atoms with Gasteiger partial charge in [-0.25, -0.2) is 0 Å². The van der Waals surface area contributed by atoms with E-state index in [0.29, 0.717) is 0 Å². The van der Waals surface area contributed by atoms with Crippen LogP contribution in [0, 0.1) is 0 Å². The number of benzene rings is 1. The highest BCUT2D eigenvalue weighted by Gasteiger charge is 2.12. The Bertz CT molecular complexity index is 532. The predicted octanol–water partition coefficient (Wildman–Crippen LogP) is 2.53. The van der Waals surface area contributed by atoms with Crippen LogP contribution in [0.5, 0.6) is 0 Å². The highest BCUT2D eigenvalue weighted by Crippen LogP contribution is 2.27. The molecule has 0 radical (unpaired) electrons. The fourth-order valence-electron chi connectivity index (χ4n) is 2.54. The molecule has 0 atom stereocenters. The number of fused-ring (bicyclic) bond motifs is 1. The standard InChI is InChI=1S/C14H17ClN2O/c15-13-1-2-14-12(4-10-18-14)11(13)3-7-17-8-5-16-6-9-17/h1-2,4,10,16H,3,5-9H2. The van der Waals surface area contributed by atoms with Crippen LogP contribution in [0.3, 0.4) is 0 Å². The third kappa shape index (κ3) is 2.39. The topological polar surface area (TPSA) is 28.4 Å². The van der Waals surface area contributed by atoms with Crippen LogP contribution in [-0.2, 0) is 6.42 Å². The molecule has 4 heteroatoms. The minimum atomic E-state index is 0.846. The van der Waals surface area contributed by atoms with Crippen molar-refractivity contribution in [2.24, 2.45) is 0 Å². The molecule has 0 saturated carbocycles. The Labute approximate surface area is 112 Å². The van der Waals surface area contributed by atoms with Crippen LogP contribution in [0.1, 0.15) is 5.56 Å². The number of rotatable bonds is 3. The van der Waals surface area contributed by atoms with E-state index < -0.39 is 0 Å². The van der Waals surface area contributed by atoms with E-state index in [4.69, 9.17) is 16.0 Å². The summed E-state index contributed by atoms with van der Waals surface area (Å²) < 4.78 is 5.42. The number of furan rings is 1. The van der Waals surface area contributed by atoms with E-state index in [1.54, 1.807) is 6.26 Å². The van der Waals surface area contributed by atoms with E-state index in [1.165, 1.54) is 5.56 Å². The van der Waals surface area contributed by atoms with E-state index in [-0.39, 0.29) is 0 Å². The highest BCUT2D eigenvalue weighted by molar-refractivity contribution is 6.32. The summed E-state index contributed by atoms with van der Waals surface area (Å²) in [6.45, 7) is 5.48. The van der Waals surface area contributed by atoms with Crippen molar-refractivity contribution in [3.8, 4) is 0 Å². The molecule has 0 amide bonds. The number of nitrogens with one attached hydrogen (secondary N) is 1. The maximum absolute atomic E-state index is 6.31. The first-order chi connectivity index (χ1) is 8.84. The first kappa shape index (κ1) is 12.0. The quantitative estimate of drug-likeness (QED) is 0.924. The van der Waals surface area contributed by atoms with Crippen LogP contribution in [0.4, 0.5) is 0 Å². The third-order valence-electron chi connectivity index (χ3n) is 3.58. The zero-order valence-corrected chi connectivity index (χ0v) is 11.0. The summed E-state index contributed by atoms with van der Waals surface area (Å²) in [5.74, 6) is 0. The van der Waals surface area contributed by atoms with Crippen molar-refractivity contribution >= 4 is 22.6 Å². The molecule has 1 aliphatic rings. The van der Waals surface area contributed by atoms with Gasteiger partial charge in [0.25, 0.3) is 0 Å². The summed E-state index contributed by atoms with van der Waals surface area (Å²) in [7, 11) is 0. The zero-order chi connectivity index (χ0) is 12.4. The maximum atomic E-state index is 6.31. The molecule has 1 aromatic carbocycles. The number of halogens is 1. The van der Waals surface area contributed by atoms with Gasteiger partial charge >= 0.3 is 0 Å². The largest absolute Gasteiger partial charge is 0.464 e. The minimum Gasteiger partial charge on any atom is -0.464 e. The zero-order valence-electron chi connectivity index (χ0n) is 10.3. The first-order valence-electron chi connectivity index (χ1n) is 6.42. The summed E-state index contributed by atoms with van der Waals surface area (Å²) in [4.78, 5) is 2.48. The second-order valence-electron chi connectivity index (χ2n) is 4.70. The Morgan fingerprint density at radius 3 is 2.89 bits per heavy atom. The van der Waals surface area contributed by atoms with Gasteiger partial charge < -0.3 is 14.6 Å². The lowest BCUT2D eigenvalue weighted by Gasteiger charge is -2.27. The monoisotopic (exact) mass is 264 g/mol. The average molecular weight is 265 g/mol.